The van der Waals surface area contributed by atoms with Crippen LogP contribution in [0.2, 0.25) is 0 Å². The van der Waals surface area contributed by atoms with Crippen molar-refractivity contribution < 1.29 is 14.3 Å². The lowest BCUT2D eigenvalue weighted by Crippen LogP contribution is -2.23. The second kappa shape index (κ2) is 8.67. The molecule has 0 heterocycles. The molecule has 0 saturated carbocycles. The molecule has 0 saturated heterocycles. The number of ketones is 1. The van der Waals surface area contributed by atoms with Gasteiger partial charge in [0.25, 0.3) is 0 Å². The molecule has 0 aliphatic carbocycles. The highest BCUT2D eigenvalue weighted by atomic mass is 16.5. The van der Waals surface area contributed by atoms with E-state index in [-0.39, 0.29) is 5.78 Å². The average Bonchev–Trinajstić information content (AvgIpc) is 2.22. The van der Waals surface area contributed by atoms with Gasteiger partial charge in [0.15, 0.2) is 11.9 Å². The van der Waals surface area contributed by atoms with Crippen LogP contribution in [-0.2, 0) is 14.3 Å². The highest BCUT2D eigenvalue weighted by Crippen LogP contribution is 2.10. The highest BCUT2D eigenvalue weighted by Gasteiger charge is 2.15. The zero-order chi connectivity index (χ0) is 14.1. The van der Waals surface area contributed by atoms with E-state index in [4.69, 9.17) is 4.74 Å². The fraction of sp³-hybridized carbons (Fsp3) is 0.600. The second-order valence-corrected chi connectivity index (χ2v) is 4.82. The first-order chi connectivity index (χ1) is 8.32. The summed E-state index contributed by atoms with van der Waals surface area (Å²) < 4.78 is 4.96. The molecule has 0 spiro atoms. The van der Waals surface area contributed by atoms with Crippen molar-refractivity contribution in [2.45, 2.75) is 60.0 Å². The Bertz CT molecular complexity index is 347. The van der Waals surface area contributed by atoms with Crippen molar-refractivity contribution in [3.8, 4) is 0 Å². The zero-order valence-electron chi connectivity index (χ0n) is 12.1. The summed E-state index contributed by atoms with van der Waals surface area (Å²) in [6, 6.07) is 0. The van der Waals surface area contributed by atoms with Crippen LogP contribution in [-0.4, -0.2) is 17.9 Å². The van der Waals surface area contributed by atoms with Gasteiger partial charge in [-0.2, -0.15) is 0 Å². The predicted molar refractivity (Wildman–Crippen MR) is 73.3 cm³/mol. The van der Waals surface area contributed by atoms with E-state index in [2.05, 4.69) is 19.9 Å². The van der Waals surface area contributed by atoms with Crippen molar-refractivity contribution in [2.24, 2.45) is 0 Å². The summed E-state index contributed by atoms with van der Waals surface area (Å²) in [5.41, 5.74) is 2.52. The third-order valence-corrected chi connectivity index (χ3v) is 2.53. The molecule has 3 nitrogen and oxygen atoms in total. The van der Waals surface area contributed by atoms with Crippen LogP contribution in [0.5, 0.6) is 0 Å². The minimum Gasteiger partial charge on any atom is -0.454 e. The Morgan fingerprint density at radius 3 is 2.11 bits per heavy atom. The van der Waals surface area contributed by atoms with Crippen LogP contribution >= 0.6 is 0 Å². The Morgan fingerprint density at radius 2 is 1.67 bits per heavy atom. The van der Waals surface area contributed by atoms with Gasteiger partial charge in [0.2, 0.25) is 0 Å². The molecule has 1 atom stereocenters. The average molecular weight is 252 g/mol. The molecule has 0 aromatic heterocycles. The van der Waals surface area contributed by atoms with Gasteiger partial charge in [-0.05, 0) is 40.5 Å². The van der Waals surface area contributed by atoms with E-state index in [9.17, 15) is 9.59 Å². The molecular weight excluding hydrogens is 228 g/mol. The van der Waals surface area contributed by atoms with Crippen molar-refractivity contribution in [2.75, 3.05) is 0 Å². The Kier molecular flexibility index (Phi) is 8.01. The number of hydrogen-bond donors (Lipinski definition) is 0. The number of ether oxygens (including phenoxy) is 1. The minimum absolute atomic E-state index is 0.112. The van der Waals surface area contributed by atoms with Crippen LogP contribution in [0.1, 0.15) is 53.9 Å². The molecule has 0 bridgehead atoms. The highest BCUT2D eigenvalue weighted by molar-refractivity contribution is 5.83. The standard InChI is InChI=1S/C15H24O3/c1-11(2)7-6-8-12(3)9-10-15(13(4)16)18-14(5)17/h7,9,15H,6,8,10H2,1-5H3. The quantitative estimate of drug-likeness (QED) is 0.513. The summed E-state index contributed by atoms with van der Waals surface area (Å²) in [5, 5.41) is 0. The Labute approximate surface area is 110 Å². The first kappa shape index (κ1) is 16.6. The normalized spacial score (nSPS) is 12.8. The summed E-state index contributed by atoms with van der Waals surface area (Å²) in [5.74, 6) is -0.524. The number of Topliss-reactive ketones (excluding diaryl/α,β-unsaturated/α-hetero) is 1. The predicted octanol–water partition coefficient (Wildman–Crippen LogP) is 3.59. The number of carbonyl (C=O) groups excluding carboxylic acids is 2. The molecular formula is C15H24O3. The van der Waals surface area contributed by atoms with Crippen LogP contribution in [0.4, 0.5) is 0 Å². The van der Waals surface area contributed by atoms with Crippen molar-refractivity contribution in [1.82, 2.24) is 0 Å². The van der Waals surface area contributed by atoms with E-state index >= 15 is 0 Å². The largest absolute Gasteiger partial charge is 0.454 e. The van der Waals surface area contributed by atoms with Gasteiger partial charge in [-0.15, -0.1) is 0 Å². The van der Waals surface area contributed by atoms with Gasteiger partial charge in [0, 0.05) is 13.3 Å². The third kappa shape index (κ3) is 8.74. The molecule has 18 heavy (non-hydrogen) atoms. The maximum absolute atomic E-state index is 11.3. The summed E-state index contributed by atoms with van der Waals surface area (Å²) >= 11 is 0. The first-order valence-electron chi connectivity index (χ1n) is 6.29. The van der Waals surface area contributed by atoms with E-state index < -0.39 is 12.1 Å². The molecule has 0 radical (unpaired) electrons. The lowest BCUT2D eigenvalue weighted by atomic mass is 10.1. The van der Waals surface area contributed by atoms with Gasteiger partial charge in [0.1, 0.15) is 0 Å². The molecule has 1 unspecified atom stereocenters. The van der Waals surface area contributed by atoms with E-state index in [1.54, 1.807) is 0 Å². The van der Waals surface area contributed by atoms with Gasteiger partial charge in [-0.3, -0.25) is 9.59 Å². The monoisotopic (exact) mass is 252 g/mol. The Balaban J connectivity index is 4.26. The first-order valence-corrected chi connectivity index (χ1v) is 6.29. The fourth-order valence-electron chi connectivity index (χ4n) is 1.50. The number of esters is 1. The van der Waals surface area contributed by atoms with E-state index in [0.717, 1.165) is 12.8 Å². The molecule has 0 N–H and O–H groups in total. The maximum Gasteiger partial charge on any atom is 0.303 e. The zero-order valence-corrected chi connectivity index (χ0v) is 12.1. The molecule has 0 aliphatic rings. The lowest BCUT2D eigenvalue weighted by Gasteiger charge is -2.12. The van der Waals surface area contributed by atoms with Gasteiger partial charge in [0.05, 0.1) is 0 Å². The van der Waals surface area contributed by atoms with E-state index in [1.807, 2.05) is 13.0 Å². The number of hydrogen-bond acceptors (Lipinski definition) is 3. The number of allylic oxidation sites excluding steroid dienone is 3. The van der Waals surface area contributed by atoms with Crippen LogP contribution in [0, 0.1) is 0 Å². The maximum atomic E-state index is 11.3. The van der Waals surface area contributed by atoms with Crippen LogP contribution in [0.25, 0.3) is 0 Å². The van der Waals surface area contributed by atoms with Crippen molar-refractivity contribution >= 4 is 11.8 Å². The summed E-state index contributed by atoms with van der Waals surface area (Å²) in [6.07, 6.45) is 5.97. The van der Waals surface area contributed by atoms with Gasteiger partial charge in [-0.25, -0.2) is 0 Å². The number of rotatable bonds is 7. The second-order valence-electron chi connectivity index (χ2n) is 4.82. The Hall–Kier alpha value is -1.38. The molecule has 3 heteroatoms. The van der Waals surface area contributed by atoms with Crippen molar-refractivity contribution in [1.29, 1.82) is 0 Å². The van der Waals surface area contributed by atoms with E-state index in [1.165, 1.54) is 25.0 Å². The topological polar surface area (TPSA) is 43.4 Å². The van der Waals surface area contributed by atoms with Crippen molar-refractivity contribution in [3.05, 3.63) is 23.3 Å². The van der Waals surface area contributed by atoms with Gasteiger partial charge >= 0.3 is 5.97 Å². The molecule has 0 aromatic carbocycles. The smallest absolute Gasteiger partial charge is 0.303 e. The van der Waals surface area contributed by atoms with Gasteiger partial charge < -0.3 is 4.74 Å². The number of carbonyl (C=O) groups is 2. The molecule has 0 rings (SSSR count). The molecule has 0 amide bonds. The molecule has 0 aromatic rings. The minimum atomic E-state index is -0.638. The summed E-state index contributed by atoms with van der Waals surface area (Å²) in [4.78, 5) is 22.1. The Morgan fingerprint density at radius 1 is 1.06 bits per heavy atom. The van der Waals surface area contributed by atoms with E-state index in [0.29, 0.717) is 6.42 Å². The van der Waals surface area contributed by atoms with Crippen molar-refractivity contribution in [3.63, 3.8) is 0 Å². The third-order valence-electron chi connectivity index (χ3n) is 2.53. The van der Waals surface area contributed by atoms with Crippen LogP contribution in [0.3, 0.4) is 0 Å². The SMILES string of the molecule is CC(=O)OC(CC=C(C)CCC=C(C)C)C(C)=O. The molecule has 0 aliphatic heterocycles. The van der Waals surface area contributed by atoms with Crippen LogP contribution in [0.15, 0.2) is 23.3 Å². The van der Waals surface area contributed by atoms with Gasteiger partial charge in [-0.1, -0.05) is 23.3 Å². The fourth-order valence-corrected chi connectivity index (χ4v) is 1.50. The molecule has 0 fully saturated rings. The lowest BCUT2D eigenvalue weighted by molar-refractivity contribution is -0.152. The molecule has 102 valence electrons. The van der Waals surface area contributed by atoms with Crippen LogP contribution < -0.4 is 0 Å². The summed E-state index contributed by atoms with van der Waals surface area (Å²) in [7, 11) is 0. The summed E-state index contributed by atoms with van der Waals surface area (Å²) in [6.45, 7) is 8.95.